The van der Waals surface area contributed by atoms with Gasteiger partial charge in [0.05, 0.1) is 26.3 Å². The molecule has 1 N–H and O–H groups in total. The lowest BCUT2D eigenvalue weighted by Crippen LogP contribution is -2.38. The summed E-state index contributed by atoms with van der Waals surface area (Å²) >= 11 is 12.9. The predicted molar refractivity (Wildman–Crippen MR) is 118 cm³/mol. The van der Waals surface area contributed by atoms with E-state index in [4.69, 9.17) is 27.9 Å². The first kappa shape index (κ1) is 20.9. The maximum atomic E-state index is 12.6. The van der Waals surface area contributed by atoms with Gasteiger partial charge in [0, 0.05) is 17.5 Å². The summed E-state index contributed by atoms with van der Waals surface area (Å²) in [7, 11) is -3.87. The minimum absolute atomic E-state index is 0.0114. The fraction of sp³-hybridized carbons (Fsp3) is 0.158. The molecule has 4 rings (SSSR count). The third kappa shape index (κ3) is 3.98. The van der Waals surface area contributed by atoms with Gasteiger partial charge in [-0.25, -0.2) is 13.4 Å². The standard InChI is InChI=1S/C19H15Cl2N3O4S2/c1-2-24-16-7-11(3-6-17(16)28-9-18(24)25)15-10-29-19(22-15)23-30(26,27)12-4-5-13(20)14(21)8-12/h3-8,10H,2,9H2,1H3,(H,22,23). The van der Waals surface area contributed by atoms with E-state index < -0.39 is 10.0 Å². The van der Waals surface area contributed by atoms with Gasteiger partial charge in [0.1, 0.15) is 5.75 Å². The smallest absolute Gasteiger partial charge is 0.265 e. The summed E-state index contributed by atoms with van der Waals surface area (Å²) < 4.78 is 33.2. The fourth-order valence-electron chi connectivity index (χ4n) is 2.98. The number of hydrogen-bond acceptors (Lipinski definition) is 6. The number of benzene rings is 2. The molecule has 1 amide bonds. The zero-order valence-corrected chi connectivity index (χ0v) is 18.7. The summed E-state index contributed by atoms with van der Waals surface area (Å²) in [6.07, 6.45) is 0. The number of hydrogen-bond donors (Lipinski definition) is 1. The van der Waals surface area contributed by atoms with Crippen LogP contribution in [0.25, 0.3) is 11.3 Å². The molecular weight excluding hydrogens is 469 g/mol. The zero-order valence-electron chi connectivity index (χ0n) is 15.6. The Morgan fingerprint density at radius 2 is 2.00 bits per heavy atom. The van der Waals surface area contributed by atoms with E-state index in [9.17, 15) is 13.2 Å². The Morgan fingerprint density at radius 1 is 1.20 bits per heavy atom. The summed E-state index contributed by atoms with van der Waals surface area (Å²) in [4.78, 5) is 18.1. The number of anilines is 2. The van der Waals surface area contributed by atoms with E-state index >= 15 is 0 Å². The van der Waals surface area contributed by atoms with Crippen LogP contribution in [0.5, 0.6) is 5.75 Å². The van der Waals surface area contributed by atoms with Crippen molar-refractivity contribution in [3.63, 3.8) is 0 Å². The Balaban J connectivity index is 1.61. The molecular formula is C19H15Cl2N3O4S2. The van der Waals surface area contributed by atoms with Gasteiger partial charge in [0.2, 0.25) is 0 Å². The van der Waals surface area contributed by atoms with Crippen LogP contribution < -0.4 is 14.4 Å². The minimum atomic E-state index is -3.87. The highest BCUT2D eigenvalue weighted by atomic mass is 35.5. The van der Waals surface area contributed by atoms with E-state index in [-0.39, 0.29) is 32.6 Å². The number of carbonyl (C=O) groups is 1. The summed E-state index contributed by atoms with van der Waals surface area (Å²) in [6.45, 7) is 2.42. The van der Waals surface area contributed by atoms with Crippen molar-refractivity contribution in [3.8, 4) is 17.0 Å². The molecule has 0 unspecified atom stereocenters. The number of rotatable bonds is 5. The van der Waals surface area contributed by atoms with E-state index in [2.05, 4.69) is 9.71 Å². The second-order valence-corrected chi connectivity index (χ2v) is 9.68. The third-order valence-corrected chi connectivity index (χ3v) is 7.40. The van der Waals surface area contributed by atoms with Crippen molar-refractivity contribution in [2.75, 3.05) is 22.8 Å². The van der Waals surface area contributed by atoms with Crippen LogP contribution >= 0.6 is 34.5 Å². The molecule has 156 valence electrons. The average Bonchev–Trinajstić information content (AvgIpc) is 3.17. The zero-order chi connectivity index (χ0) is 21.5. The molecule has 0 bridgehead atoms. The number of thiazole rings is 1. The van der Waals surface area contributed by atoms with Crippen molar-refractivity contribution < 1.29 is 17.9 Å². The van der Waals surface area contributed by atoms with Crippen LogP contribution in [0.3, 0.4) is 0 Å². The van der Waals surface area contributed by atoms with Crippen LogP contribution in [-0.2, 0) is 14.8 Å². The second kappa shape index (κ2) is 8.07. The van der Waals surface area contributed by atoms with E-state index in [1.165, 1.54) is 18.2 Å². The molecule has 1 aliphatic heterocycles. The van der Waals surface area contributed by atoms with Gasteiger partial charge in [-0.2, -0.15) is 0 Å². The third-order valence-electron chi connectivity index (χ3n) is 4.44. The maximum absolute atomic E-state index is 12.6. The van der Waals surface area contributed by atoms with Crippen LogP contribution in [0.1, 0.15) is 6.92 Å². The second-order valence-electron chi connectivity index (χ2n) is 6.33. The van der Waals surface area contributed by atoms with Gasteiger partial charge in [-0.15, -0.1) is 11.3 Å². The molecule has 3 aromatic rings. The number of aromatic nitrogens is 1. The number of fused-ring (bicyclic) bond motifs is 1. The number of sulfonamides is 1. The van der Waals surface area contributed by atoms with Crippen LogP contribution in [0.2, 0.25) is 10.0 Å². The van der Waals surface area contributed by atoms with Gasteiger partial charge >= 0.3 is 0 Å². The van der Waals surface area contributed by atoms with Crippen molar-refractivity contribution in [1.29, 1.82) is 0 Å². The lowest BCUT2D eigenvalue weighted by atomic mass is 10.1. The number of halogens is 2. The van der Waals surface area contributed by atoms with Crippen LogP contribution in [0.15, 0.2) is 46.7 Å². The molecule has 0 spiro atoms. The monoisotopic (exact) mass is 483 g/mol. The average molecular weight is 484 g/mol. The number of nitrogens with one attached hydrogen (secondary N) is 1. The van der Waals surface area contributed by atoms with Gasteiger partial charge < -0.3 is 9.64 Å². The van der Waals surface area contributed by atoms with E-state index in [0.717, 1.165) is 16.9 Å². The molecule has 2 aromatic carbocycles. The normalized spacial score (nSPS) is 13.7. The Morgan fingerprint density at radius 3 is 2.73 bits per heavy atom. The van der Waals surface area contributed by atoms with Gasteiger partial charge in [0.15, 0.2) is 11.7 Å². The maximum Gasteiger partial charge on any atom is 0.265 e. The van der Waals surface area contributed by atoms with Crippen molar-refractivity contribution in [1.82, 2.24) is 4.98 Å². The molecule has 7 nitrogen and oxygen atoms in total. The quantitative estimate of drug-likeness (QED) is 0.569. The molecule has 11 heteroatoms. The number of carbonyl (C=O) groups excluding carboxylic acids is 1. The van der Waals surface area contributed by atoms with Crippen LogP contribution in [0.4, 0.5) is 10.8 Å². The molecule has 0 aliphatic carbocycles. The molecule has 1 aromatic heterocycles. The molecule has 0 fully saturated rings. The summed E-state index contributed by atoms with van der Waals surface area (Å²) in [5.74, 6) is 0.506. The number of amides is 1. The predicted octanol–water partition coefficient (Wildman–Crippen LogP) is 4.66. The van der Waals surface area contributed by atoms with E-state index in [0.29, 0.717) is 23.7 Å². The fourth-order valence-corrected chi connectivity index (χ4v) is 5.34. The highest BCUT2D eigenvalue weighted by molar-refractivity contribution is 7.93. The molecule has 2 heterocycles. The summed E-state index contributed by atoms with van der Waals surface area (Å²) in [5, 5.41) is 2.35. The molecule has 30 heavy (non-hydrogen) atoms. The molecule has 0 saturated heterocycles. The van der Waals surface area contributed by atoms with Crippen molar-refractivity contribution in [3.05, 3.63) is 51.8 Å². The van der Waals surface area contributed by atoms with Gasteiger partial charge in [-0.3, -0.25) is 9.52 Å². The van der Waals surface area contributed by atoms with Crippen LogP contribution in [-0.4, -0.2) is 32.5 Å². The van der Waals surface area contributed by atoms with Gasteiger partial charge in [-0.05, 0) is 43.3 Å². The highest BCUT2D eigenvalue weighted by Gasteiger charge is 2.25. The number of ether oxygens (including phenoxy) is 1. The highest BCUT2D eigenvalue weighted by Crippen LogP contribution is 2.37. The topological polar surface area (TPSA) is 88.6 Å². The van der Waals surface area contributed by atoms with E-state index in [1.807, 2.05) is 19.1 Å². The first-order valence-corrected chi connectivity index (χ1v) is 11.9. The first-order valence-electron chi connectivity index (χ1n) is 8.79. The van der Waals surface area contributed by atoms with E-state index in [1.54, 1.807) is 16.3 Å². The minimum Gasteiger partial charge on any atom is -0.482 e. The first-order chi connectivity index (χ1) is 14.3. The van der Waals surface area contributed by atoms with Crippen molar-refractivity contribution in [2.45, 2.75) is 11.8 Å². The molecule has 0 atom stereocenters. The summed E-state index contributed by atoms with van der Waals surface area (Å²) in [5.41, 5.74) is 1.97. The van der Waals surface area contributed by atoms with Gasteiger partial charge in [0.25, 0.3) is 15.9 Å². The Labute approximate surface area is 187 Å². The lowest BCUT2D eigenvalue weighted by molar-refractivity contribution is -0.121. The Kier molecular flexibility index (Phi) is 5.63. The molecule has 0 saturated carbocycles. The SMILES string of the molecule is CCN1C(=O)COc2ccc(-c3csc(NS(=O)(=O)c4ccc(Cl)c(Cl)c4)n3)cc21. The molecule has 1 aliphatic rings. The molecule has 0 radical (unpaired) electrons. The van der Waals surface area contributed by atoms with Crippen molar-refractivity contribution >= 4 is 61.3 Å². The van der Waals surface area contributed by atoms with Gasteiger partial charge in [-0.1, -0.05) is 23.2 Å². The van der Waals surface area contributed by atoms with Crippen molar-refractivity contribution in [2.24, 2.45) is 0 Å². The lowest BCUT2D eigenvalue weighted by Gasteiger charge is -2.28. The summed E-state index contributed by atoms with van der Waals surface area (Å²) in [6, 6.07) is 9.46. The largest absolute Gasteiger partial charge is 0.482 e. The number of nitrogens with zero attached hydrogens (tertiary/aromatic N) is 2. The Hall–Kier alpha value is -2.33. The van der Waals surface area contributed by atoms with Crippen LogP contribution in [0, 0.1) is 0 Å². The Bertz CT molecular complexity index is 1240. The number of likely N-dealkylation sites (N-methyl/N-ethyl adjacent to an activating group) is 1.